The molecule has 0 spiro atoms. The van der Waals surface area contributed by atoms with Crippen molar-refractivity contribution < 1.29 is 18.9 Å². The smallest absolute Gasteiger partial charge is 0.303 e. The molecule has 0 saturated carbocycles. The van der Waals surface area contributed by atoms with Crippen LogP contribution in [0.25, 0.3) is 0 Å². The van der Waals surface area contributed by atoms with Crippen molar-refractivity contribution >= 4 is 7.82 Å². The van der Waals surface area contributed by atoms with Gasteiger partial charge in [-0.15, -0.1) is 0 Å². The highest BCUT2D eigenvalue weighted by Crippen LogP contribution is 2.35. The van der Waals surface area contributed by atoms with Gasteiger partial charge in [0.2, 0.25) is 0 Å². The summed E-state index contributed by atoms with van der Waals surface area (Å²) in [5.41, 5.74) is 2.53. The van der Waals surface area contributed by atoms with E-state index in [4.69, 9.17) is 9.79 Å². The van der Waals surface area contributed by atoms with Gasteiger partial charge in [0.05, 0.1) is 6.61 Å². The second kappa shape index (κ2) is 8.49. The largest absolute Gasteiger partial charge is 0.469 e. The van der Waals surface area contributed by atoms with Gasteiger partial charge in [-0.2, -0.15) is 0 Å². The molecule has 0 fully saturated rings. The van der Waals surface area contributed by atoms with Gasteiger partial charge in [-0.25, -0.2) is 4.57 Å². The van der Waals surface area contributed by atoms with Crippen molar-refractivity contribution in [2.75, 3.05) is 6.61 Å². The molecular weight excluding hydrogens is 263 g/mol. The summed E-state index contributed by atoms with van der Waals surface area (Å²) < 4.78 is 14.9. The number of rotatable bonds is 9. The highest BCUT2D eigenvalue weighted by Gasteiger charge is 2.12. The second-order valence-electron chi connectivity index (χ2n) is 4.70. The van der Waals surface area contributed by atoms with E-state index < -0.39 is 7.82 Å². The molecule has 0 aromatic heterocycles. The van der Waals surface area contributed by atoms with Gasteiger partial charge in [-0.05, 0) is 36.8 Å². The topological polar surface area (TPSA) is 66.8 Å². The van der Waals surface area contributed by atoms with Crippen molar-refractivity contribution in [1.29, 1.82) is 0 Å². The fourth-order valence-corrected chi connectivity index (χ4v) is 2.35. The summed E-state index contributed by atoms with van der Waals surface area (Å²) in [7, 11) is -4.31. The average Bonchev–Trinajstić information content (AvgIpc) is 2.35. The van der Waals surface area contributed by atoms with E-state index in [1.54, 1.807) is 0 Å². The molecule has 1 aromatic rings. The van der Waals surface area contributed by atoms with Gasteiger partial charge < -0.3 is 9.79 Å². The van der Waals surface area contributed by atoms with Gasteiger partial charge in [0, 0.05) is 0 Å². The van der Waals surface area contributed by atoms with Crippen LogP contribution >= 0.6 is 7.82 Å². The first-order valence-corrected chi connectivity index (χ1v) is 8.32. The summed E-state index contributed by atoms with van der Waals surface area (Å²) in [5.74, 6) is 0. The first-order chi connectivity index (χ1) is 9.01. The number of benzene rings is 1. The van der Waals surface area contributed by atoms with E-state index in [0.717, 1.165) is 12.8 Å². The maximum atomic E-state index is 10.5. The first-order valence-electron chi connectivity index (χ1n) is 6.79. The molecule has 0 aliphatic heterocycles. The number of hydrogen-bond acceptors (Lipinski definition) is 2. The van der Waals surface area contributed by atoms with Crippen molar-refractivity contribution in [2.45, 2.75) is 45.4 Å². The molecule has 0 unspecified atom stereocenters. The lowest BCUT2D eigenvalue weighted by Gasteiger charge is -2.07. The Hall–Kier alpha value is -0.670. The Balaban J connectivity index is 2.33. The van der Waals surface area contributed by atoms with Crippen LogP contribution in [-0.2, 0) is 21.9 Å². The highest BCUT2D eigenvalue weighted by molar-refractivity contribution is 7.46. The minimum atomic E-state index is -4.31. The van der Waals surface area contributed by atoms with Crippen molar-refractivity contribution in [2.24, 2.45) is 0 Å². The summed E-state index contributed by atoms with van der Waals surface area (Å²) in [6.45, 7) is 2.28. The minimum Gasteiger partial charge on any atom is -0.303 e. The van der Waals surface area contributed by atoms with Gasteiger partial charge in [0.25, 0.3) is 0 Å². The molecule has 4 nitrogen and oxygen atoms in total. The Morgan fingerprint density at radius 1 is 1.11 bits per heavy atom. The van der Waals surface area contributed by atoms with E-state index in [0.29, 0.717) is 6.42 Å². The molecule has 0 heterocycles. The zero-order chi connectivity index (χ0) is 14.1. The molecule has 1 aromatic carbocycles. The monoisotopic (exact) mass is 286 g/mol. The Labute approximate surface area is 115 Å². The molecule has 0 amide bonds. The van der Waals surface area contributed by atoms with Crippen LogP contribution in [0.1, 0.15) is 43.7 Å². The fraction of sp³-hybridized carbons (Fsp3) is 0.571. The van der Waals surface area contributed by atoms with Gasteiger partial charge in [-0.3, -0.25) is 4.52 Å². The van der Waals surface area contributed by atoms with Gasteiger partial charge in [0.15, 0.2) is 0 Å². The number of phosphoric acid groups is 1. The maximum absolute atomic E-state index is 10.5. The van der Waals surface area contributed by atoms with E-state index in [1.807, 2.05) is 12.1 Å². The lowest BCUT2D eigenvalue weighted by Crippen LogP contribution is -1.96. The van der Waals surface area contributed by atoms with Gasteiger partial charge in [-0.1, -0.05) is 44.0 Å². The molecule has 0 aliphatic rings. The van der Waals surface area contributed by atoms with E-state index in [1.165, 1.54) is 30.4 Å². The molecular formula is C14H23O4P. The third-order valence-corrected chi connectivity index (χ3v) is 3.45. The predicted molar refractivity (Wildman–Crippen MR) is 76.0 cm³/mol. The van der Waals surface area contributed by atoms with E-state index in [2.05, 4.69) is 23.6 Å². The highest BCUT2D eigenvalue weighted by atomic mass is 31.2. The molecule has 19 heavy (non-hydrogen) atoms. The maximum Gasteiger partial charge on any atom is 0.469 e. The van der Waals surface area contributed by atoms with Crippen LogP contribution in [0.3, 0.4) is 0 Å². The molecule has 1 rings (SSSR count). The van der Waals surface area contributed by atoms with Crippen LogP contribution in [0.15, 0.2) is 24.3 Å². The molecule has 0 bridgehead atoms. The van der Waals surface area contributed by atoms with Crippen LogP contribution in [0.5, 0.6) is 0 Å². The Morgan fingerprint density at radius 2 is 1.74 bits per heavy atom. The second-order valence-corrected chi connectivity index (χ2v) is 5.94. The summed E-state index contributed by atoms with van der Waals surface area (Å²) >= 11 is 0. The lowest BCUT2D eigenvalue weighted by molar-refractivity contribution is 0.195. The first kappa shape index (κ1) is 16.4. The van der Waals surface area contributed by atoms with Crippen molar-refractivity contribution in [3.63, 3.8) is 0 Å². The normalized spacial score (nSPS) is 11.7. The van der Waals surface area contributed by atoms with E-state index in [-0.39, 0.29) is 6.61 Å². The molecule has 0 atom stereocenters. The Bertz CT molecular complexity index is 414. The van der Waals surface area contributed by atoms with Crippen LogP contribution in [0.4, 0.5) is 0 Å². The SMILES string of the molecule is CCCCCc1cccc(CCCOP(=O)(O)O)c1. The molecule has 0 saturated heterocycles. The third kappa shape index (κ3) is 8.17. The van der Waals surface area contributed by atoms with Gasteiger partial charge in [0.1, 0.15) is 0 Å². The fourth-order valence-electron chi connectivity index (χ4n) is 1.98. The number of hydrogen-bond donors (Lipinski definition) is 2. The summed E-state index contributed by atoms with van der Waals surface area (Å²) in [5, 5.41) is 0. The van der Waals surface area contributed by atoms with Gasteiger partial charge >= 0.3 is 7.82 Å². The lowest BCUT2D eigenvalue weighted by atomic mass is 10.0. The van der Waals surface area contributed by atoms with Crippen LogP contribution in [0.2, 0.25) is 0 Å². The Kier molecular flexibility index (Phi) is 7.32. The quantitative estimate of drug-likeness (QED) is 0.539. The summed E-state index contributed by atoms with van der Waals surface area (Å²) in [6.07, 6.45) is 6.17. The van der Waals surface area contributed by atoms with Crippen LogP contribution in [0, 0.1) is 0 Å². The van der Waals surface area contributed by atoms with Crippen LogP contribution in [-0.4, -0.2) is 16.4 Å². The van der Waals surface area contributed by atoms with Crippen molar-refractivity contribution in [1.82, 2.24) is 0 Å². The molecule has 2 N–H and O–H groups in total. The number of phosphoric ester groups is 1. The van der Waals surface area contributed by atoms with Crippen molar-refractivity contribution in [3.05, 3.63) is 35.4 Å². The summed E-state index contributed by atoms with van der Waals surface area (Å²) in [4.78, 5) is 17.1. The number of aryl methyl sites for hydroxylation is 2. The molecule has 108 valence electrons. The van der Waals surface area contributed by atoms with E-state index >= 15 is 0 Å². The van der Waals surface area contributed by atoms with E-state index in [9.17, 15) is 4.57 Å². The predicted octanol–water partition coefficient (Wildman–Crippen LogP) is 3.46. The molecule has 0 radical (unpaired) electrons. The number of unbranched alkanes of at least 4 members (excludes halogenated alkanes) is 2. The van der Waals surface area contributed by atoms with Crippen molar-refractivity contribution in [3.8, 4) is 0 Å². The summed E-state index contributed by atoms with van der Waals surface area (Å²) in [6, 6.07) is 8.39. The third-order valence-electron chi connectivity index (χ3n) is 2.93. The Morgan fingerprint density at radius 3 is 2.32 bits per heavy atom. The zero-order valence-corrected chi connectivity index (χ0v) is 12.3. The zero-order valence-electron chi connectivity index (χ0n) is 11.4. The average molecular weight is 286 g/mol. The molecule has 0 aliphatic carbocycles. The standard InChI is InChI=1S/C14H23O4P/c1-2-3-4-7-13-8-5-9-14(12-13)10-6-11-18-19(15,16)17/h5,8-9,12H,2-4,6-7,10-11H2,1H3,(H2,15,16,17). The minimum absolute atomic E-state index is 0.0876. The van der Waals surface area contributed by atoms with Crippen LogP contribution < -0.4 is 0 Å². The molecule has 5 heteroatoms.